The van der Waals surface area contributed by atoms with Crippen molar-refractivity contribution in [2.45, 2.75) is 19.5 Å². The number of carbonyl (C=O) groups is 2. The van der Waals surface area contributed by atoms with Gasteiger partial charge >= 0.3 is 6.18 Å². The van der Waals surface area contributed by atoms with Crippen molar-refractivity contribution < 1.29 is 22.8 Å². The second-order valence-electron chi connectivity index (χ2n) is 5.68. The molecule has 2 N–H and O–H groups in total. The van der Waals surface area contributed by atoms with E-state index < -0.39 is 17.6 Å². The van der Waals surface area contributed by atoms with Crippen LogP contribution in [0.5, 0.6) is 0 Å². The number of hydrogen-bond acceptors (Lipinski definition) is 2. The highest BCUT2D eigenvalue weighted by molar-refractivity contribution is 6.33. The zero-order valence-electron chi connectivity index (χ0n) is 13.8. The first kappa shape index (κ1) is 19.8. The minimum Gasteiger partial charge on any atom is -0.347 e. The number of aryl methyl sites for hydroxylation is 1. The van der Waals surface area contributed by atoms with Crippen molar-refractivity contribution in [1.82, 2.24) is 5.32 Å². The van der Waals surface area contributed by atoms with Gasteiger partial charge in [-0.15, -0.1) is 0 Å². The van der Waals surface area contributed by atoms with Crippen LogP contribution in [0.2, 0.25) is 5.02 Å². The highest BCUT2D eigenvalue weighted by Gasteiger charge is 2.31. The zero-order valence-corrected chi connectivity index (χ0v) is 14.5. The number of rotatable bonds is 5. The molecule has 0 fully saturated rings. The molecule has 2 rings (SSSR count). The predicted molar refractivity (Wildman–Crippen MR) is 93.0 cm³/mol. The topological polar surface area (TPSA) is 58.2 Å². The van der Waals surface area contributed by atoms with Crippen LogP contribution in [-0.4, -0.2) is 18.4 Å². The molecule has 0 aliphatic rings. The largest absolute Gasteiger partial charge is 0.416 e. The second-order valence-corrected chi connectivity index (χ2v) is 6.09. The summed E-state index contributed by atoms with van der Waals surface area (Å²) in [5.74, 6) is -1.05. The van der Waals surface area contributed by atoms with Crippen LogP contribution in [0.3, 0.4) is 0 Å². The summed E-state index contributed by atoms with van der Waals surface area (Å²) in [6.07, 6.45) is -4.45. The lowest BCUT2D eigenvalue weighted by Gasteiger charge is -2.12. The Balaban J connectivity index is 1.91. The minimum atomic E-state index is -4.55. The first-order valence-corrected chi connectivity index (χ1v) is 8.02. The molecule has 0 aliphatic heterocycles. The normalized spacial score (nSPS) is 11.1. The van der Waals surface area contributed by atoms with E-state index >= 15 is 0 Å². The summed E-state index contributed by atoms with van der Waals surface area (Å²) in [7, 11) is 0. The van der Waals surface area contributed by atoms with Gasteiger partial charge in [0.1, 0.15) is 0 Å². The van der Waals surface area contributed by atoms with Crippen LogP contribution >= 0.6 is 11.6 Å². The van der Waals surface area contributed by atoms with E-state index in [-0.39, 0.29) is 29.6 Å². The van der Waals surface area contributed by atoms with Gasteiger partial charge in [0.05, 0.1) is 29.2 Å². The van der Waals surface area contributed by atoms with Crippen LogP contribution in [-0.2, 0) is 22.2 Å². The summed E-state index contributed by atoms with van der Waals surface area (Å²) in [5, 5.41) is 4.65. The fourth-order valence-electron chi connectivity index (χ4n) is 2.24. The summed E-state index contributed by atoms with van der Waals surface area (Å²) in [5.41, 5.74) is 0.705. The van der Waals surface area contributed by atoms with E-state index in [1.807, 2.05) is 25.1 Å². The van der Waals surface area contributed by atoms with Gasteiger partial charge in [-0.1, -0.05) is 41.4 Å². The average Bonchev–Trinajstić information content (AvgIpc) is 2.54. The van der Waals surface area contributed by atoms with Crippen molar-refractivity contribution in [3.8, 4) is 0 Å². The Morgan fingerprint density at radius 3 is 2.46 bits per heavy atom. The third kappa shape index (κ3) is 5.77. The maximum atomic E-state index is 12.7. The van der Waals surface area contributed by atoms with Crippen LogP contribution in [0.4, 0.5) is 18.9 Å². The quantitative estimate of drug-likeness (QED) is 0.819. The smallest absolute Gasteiger partial charge is 0.347 e. The van der Waals surface area contributed by atoms with E-state index in [1.54, 1.807) is 6.07 Å². The molecule has 0 aromatic heterocycles. The third-order valence-corrected chi connectivity index (χ3v) is 3.79. The van der Waals surface area contributed by atoms with E-state index in [1.165, 1.54) is 0 Å². The Bertz CT molecular complexity index is 822. The molecule has 0 aliphatic carbocycles. The molecule has 0 unspecified atom stereocenters. The number of nitrogens with one attached hydrogen (secondary N) is 2. The molecular weight excluding hydrogens is 369 g/mol. The van der Waals surface area contributed by atoms with E-state index in [9.17, 15) is 22.8 Å². The Morgan fingerprint density at radius 2 is 1.81 bits per heavy atom. The molecule has 2 aromatic carbocycles. The molecule has 2 amide bonds. The fraction of sp³-hybridized carbons (Fsp3) is 0.222. The van der Waals surface area contributed by atoms with Crippen LogP contribution in [0, 0.1) is 6.92 Å². The molecule has 0 saturated carbocycles. The van der Waals surface area contributed by atoms with Gasteiger partial charge in [0, 0.05) is 0 Å². The maximum Gasteiger partial charge on any atom is 0.416 e. The van der Waals surface area contributed by atoms with Gasteiger partial charge < -0.3 is 10.6 Å². The number of hydrogen-bond donors (Lipinski definition) is 2. The average molecular weight is 385 g/mol. The van der Waals surface area contributed by atoms with Gasteiger partial charge in [0.25, 0.3) is 0 Å². The first-order chi connectivity index (χ1) is 12.1. The van der Waals surface area contributed by atoms with Crippen molar-refractivity contribution in [3.63, 3.8) is 0 Å². The lowest BCUT2D eigenvalue weighted by Crippen LogP contribution is -2.33. The molecule has 0 radical (unpaired) electrons. The Labute approximate surface area is 153 Å². The molecule has 0 saturated heterocycles. The van der Waals surface area contributed by atoms with Gasteiger partial charge in [0.2, 0.25) is 11.8 Å². The van der Waals surface area contributed by atoms with Gasteiger partial charge in [-0.25, -0.2) is 0 Å². The first-order valence-electron chi connectivity index (χ1n) is 7.64. The second kappa shape index (κ2) is 8.23. The number of alkyl halides is 3. The lowest BCUT2D eigenvalue weighted by molar-refractivity contribution is -0.137. The molecule has 138 valence electrons. The lowest BCUT2D eigenvalue weighted by atomic mass is 10.1. The van der Waals surface area contributed by atoms with E-state index in [0.717, 1.165) is 29.3 Å². The molecule has 4 nitrogen and oxygen atoms in total. The van der Waals surface area contributed by atoms with Gasteiger partial charge in [-0.3, -0.25) is 9.59 Å². The third-order valence-electron chi connectivity index (χ3n) is 3.46. The number of benzene rings is 2. The van der Waals surface area contributed by atoms with Crippen LogP contribution in [0.15, 0.2) is 42.5 Å². The monoisotopic (exact) mass is 384 g/mol. The highest BCUT2D eigenvalue weighted by Crippen LogP contribution is 2.33. The molecule has 0 heterocycles. The predicted octanol–water partition coefficient (Wildman–Crippen LogP) is 3.96. The highest BCUT2D eigenvalue weighted by atomic mass is 35.5. The maximum absolute atomic E-state index is 12.7. The van der Waals surface area contributed by atoms with Crippen molar-refractivity contribution in [2.75, 3.05) is 11.9 Å². The number of halogens is 4. The van der Waals surface area contributed by atoms with Crippen molar-refractivity contribution in [3.05, 3.63) is 64.2 Å². The standard InChI is InChI=1S/C18H16ClF3N2O2/c1-11-3-2-4-12(7-11)8-16(25)23-10-17(26)24-15-9-13(18(20,21)22)5-6-14(15)19/h2-7,9H,8,10H2,1H3,(H,23,25)(H,24,26). The van der Waals surface area contributed by atoms with Crippen LogP contribution in [0.1, 0.15) is 16.7 Å². The van der Waals surface area contributed by atoms with Crippen molar-refractivity contribution >= 4 is 29.1 Å². The number of amides is 2. The van der Waals surface area contributed by atoms with Gasteiger partial charge in [-0.05, 0) is 30.7 Å². The molecule has 0 atom stereocenters. The Kier molecular flexibility index (Phi) is 6.26. The minimum absolute atomic E-state index is 0.0302. The van der Waals surface area contributed by atoms with E-state index in [2.05, 4.69) is 10.6 Å². The molecular formula is C18H16ClF3N2O2. The zero-order chi connectivity index (χ0) is 19.3. The van der Waals surface area contributed by atoms with Crippen molar-refractivity contribution in [1.29, 1.82) is 0 Å². The molecule has 0 bridgehead atoms. The summed E-state index contributed by atoms with van der Waals surface area (Å²) in [6.45, 7) is 1.52. The number of carbonyl (C=O) groups excluding carboxylic acids is 2. The molecule has 0 spiro atoms. The van der Waals surface area contributed by atoms with E-state index in [4.69, 9.17) is 11.6 Å². The molecule has 2 aromatic rings. The van der Waals surface area contributed by atoms with Crippen molar-refractivity contribution in [2.24, 2.45) is 0 Å². The summed E-state index contributed by atoms with van der Waals surface area (Å²) < 4.78 is 38.1. The SMILES string of the molecule is Cc1cccc(CC(=O)NCC(=O)Nc2cc(C(F)(F)F)ccc2Cl)c1. The van der Waals surface area contributed by atoms with E-state index in [0.29, 0.717) is 0 Å². The van der Waals surface area contributed by atoms with Gasteiger partial charge in [-0.2, -0.15) is 13.2 Å². The van der Waals surface area contributed by atoms with Crippen LogP contribution in [0.25, 0.3) is 0 Å². The summed E-state index contributed by atoms with van der Waals surface area (Å²) in [6, 6.07) is 9.97. The fourth-order valence-corrected chi connectivity index (χ4v) is 2.41. The molecule has 8 heteroatoms. The molecule has 26 heavy (non-hydrogen) atoms. The summed E-state index contributed by atoms with van der Waals surface area (Å²) >= 11 is 5.81. The Morgan fingerprint density at radius 1 is 1.08 bits per heavy atom. The van der Waals surface area contributed by atoms with Crippen LogP contribution < -0.4 is 10.6 Å². The number of anilines is 1. The summed E-state index contributed by atoms with van der Waals surface area (Å²) in [4.78, 5) is 23.7. The Hall–Kier alpha value is -2.54. The van der Waals surface area contributed by atoms with Gasteiger partial charge in [0.15, 0.2) is 0 Å².